The van der Waals surface area contributed by atoms with Crippen LogP contribution in [0.5, 0.6) is 0 Å². The number of aliphatic hydroxyl groups excluding tert-OH is 2. The Hall–Kier alpha value is -1.05. The third-order valence-electron chi connectivity index (χ3n) is 2.25. The van der Waals surface area contributed by atoms with Gasteiger partial charge in [-0.15, -0.1) is 0 Å². The van der Waals surface area contributed by atoms with Crippen LogP contribution in [0.1, 0.15) is 12.5 Å². The number of rotatable bonds is 4. The van der Waals surface area contributed by atoms with Crippen LogP contribution >= 0.6 is 11.6 Å². The van der Waals surface area contributed by atoms with Gasteiger partial charge in [0.25, 0.3) is 0 Å². The second kappa shape index (κ2) is 5.29. The minimum absolute atomic E-state index is 0.166. The third-order valence-corrected chi connectivity index (χ3v) is 2.44. The summed E-state index contributed by atoms with van der Waals surface area (Å²) in [5, 5.41) is 20.3. The Kier molecular flexibility index (Phi) is 4.41. The molecule has 0 saturated carbocycles. The highest BCUT2D eigenvalue weighted by Crippen LogP contribution is 2.32. The van der Waals surface area contributed by atoms with Crippen LogP contribution in [0, 0.1) is 0 Å². The second-order valence-electron chi connectivity index (χ2n) is 4.06. The fourth-order valence-corrected chi connectivity index (χ4v) is 1.37. The third kappa shape index (κ3) is 3.72. The molecule has 0 aliphatic rings. The van der Waals surface area contributed by atoms with Gasteiger partial charge in [0.2, 0.25) is 0 Å². The highest BCUT2D eigenvalue weighted by molar-refractivity contribution is 6.29. The molecule has 0 bridgehead atoms. The van der Waals surface area contributed by atoms with E-state index in [1.807, 2.05) is 0 Å². The molecule has 0 amide bonds. The Morgan fingerprint density at radius 3 is 2.28 bits per heavy atom. The lowest BCUT2D eigenvalue weighted by Crippen LogP contribution is -2.42. The lowest BCUT2D eigenvalue weighted by Gasteiger charge is -2.27. The van der Waals surface area contributed by atoms with E-state index in [4.69, 9.17) is 21.8 Å². The summed E-state index contributed by atoms with van der Waals surface area (Å²) >= 11 is 5.50. The molecule has 0 aliphatic heterocycles. The van der Waals surface area contributed by atoms with E-state index < -0.39 is 30.5 Å². The van der Waals surface area contributed by atoms with E-state index >= 15 is 0 Å². The minimum atomic E-state index is -4.54. The number of nitrogens with zero attached hydrogens (tertiary/aromatic N) is 1. The van der Waals surface area contributed by atoms with Gasteiger partial charge in [0.1, 0.15) is 11.0 Å². The number of halogens is 4. The van der Waals surface area contributed by atoms with Crippen LogP contribution in [-0.4, -0.2) is 33.9 Å². The molecule has 0 aliphatic carbocycles. The zero-order valence-corrected chi connectivity index (χ0v) is 10.2. The first kappa shape index (κ1) is 15.0. The molecule has 0 radical (unpaired) electrons. The summed E-state index contributed by atoms with van der Waals surface area (Å²) in [7, 11) is 0. The first-order valence-corrected chi connectivity index (χ1v) is 5.33. The van der Waals surface area contributed by atoms with E-state index in [1.54, 1.807) is 0 Å². The molecule has 0 spiro atoms. The summed E-state index contributed by atoms with van der Waals surface area (Å²) in [4.78, 5) is 3.66. The molecule has 0 aromatic carbocycles. The van der Waals surface area contributed by atoms with Gasteiger partial charge in [-0.3, -0.25) is 0 Å². The summed E-state index contributed by atoms with van der Waals surface area (Å²) in [5.74, 6) is -0.166. The molecule has 4 nitrogen and oxygen atoms in total. The maximum atomic E-state index is 12.5. The molecule has 1 aromatic rings. The van der Waals surface area contributed by atoms with Crippen molar-refractivity contribution in [2.75, 3.05) is 18.5 Å². The van der Waals surface area contributed by atoms with E-state index in [1.165, 1.54) is 6.92 Å². The summed E-state index contributed by atoms with van der Waals surface area (Å²) in [6.45, 7) is 0.487. The number of pyridine rings is 1. The Bertz CT molecular complexity index is 422. The average molecular weight is 285 g/mol. The number of aromatic nitrogens is 1. The van der Waals surface area contributed by atoms with Crippen LogP contribution in [0.3, 0.4) is 0 Å². The fraction of sp³-hybridized carbons (Fsp3) is 0.500. The van der Waals surface area contributed by atoms with Crippen molar-refractivity contribution in [3.05, 3.63) is 22.8 Å². The lowest BCUT2D eigenvalue weighted by atomic mass is 10.1. The largest absolute Gasteiger partial charge is 0.416 e. The molecule has 1 heterocycles. The summed E-state index contributed by atoms with van der Waals surface area (Å²) in [6, 6.07) is 1.46. The molecular weight excluding hydrogens is 273 g/mol. The van der Waals surface area contributed by atoms with Crippen LogP contribution in [0.15, 0.2) is 12.1 Å². The molecular formula is C10H12ClF3N2O2. The lowest BCUT2D eigenvalue weighted by molar-refractivity contribution is -0.137. The number of hydrogen-bond acceptors (Lipinski definition) is 4. The van der Waals surface area contributed by atoms with Gasteiger partial charge in [0.15, 0.2) is 0 Å². The first-order valence-electron chi connectivity index (χ1n) is 4.95. The quantitative estimate of drug-likeness (QED) is 0.739. The van der Waals surface area contributed by atoms with Crippen molar-refractivity contribution >= 4 is 17.4 Å². The highest BCUT2D eigenvalue weighted by atomic mass is 35.5. The van der Waals surface area contributed by atoms with E-state index in [9.17, 15) is 13.2 Å². The van der Waals surface area contributed by atoms with Gasteiger partial charge in [-0.25, -0.2) is 4.98 Å². The topological polar surface area (TPSA) is 65.4 Å². The molecule has 0 atom stereocenters. The molecule has 102 valence electrons. The maximum Gasteiger partial charge on any atom is 0.416 e. The van der Waals surface area contributed by atoms with Crippen molar-refractivity contribution < 1.29 is 23.4 Å². The van der Waals surface area contributed by atoms with Crippen molar-refractivity contribution in [3.8, 4) is 0 Å². The Morgan fingerprint density at radius 2 is 1.83 bits per heavy atom. The summed E-state index contributed by atoms with van der Waals surface area (Å²) in [5.41, 5.74) is -2.14. The highest BCUT2D eigenvalue weighted by Gasteiger charge is 2.32. The summed E-state index contributed by atoms with van der Waals surface area (Å²) < 4.78 is 37.6. The number of hydrogen-bond donors (Lipinski definition) is 3. The Balaban J connectivity index is 3.08. The molecule has 0 saturated heterocycles. The molecule has 18 heavy (non-hydrogen) atoms. The zero-order valence-electron chi connectivity index (χ0n) is 9.42. The average Bonchev–Trinajstić information content (AvgIpc) is 2.27. The number of alkyl halides is 3. The molecule has 0 fully saturated rings. The SMILES string of the molecule is CC(CO)(CO)Nc1cc(C(F)(F)F)cc(Cl)n1. The fourth-order valence-electron chi connectivity index (χ4n) is 1.16. The standard InChI is InChI=1S/C10H12ClF3N2O2/c1-9(4-17,5-18)16-8-3-6(10(12,13)14)2-7(11)15-8/h2-3,17-18H,4-5H2,1H3,(H,15,16). The van der Waals surface area contributed by atoms with Crippen LogP contribution in [0.25, 0.3) is 0 Å². The van der Waals surface area contributed by atoms with Gasteiger partial charge in [0.05, 0.1) is 24.3 Å². The number of nitrogens with one attached hydrogen (secondary N) is 1. The molecule has 3 N–H and O–H groups in total. The van der Waals surface area contributed by atoms with Crippen LogP contribution < -0.4 is 5.32 Å². The van der Waals surface area contributed by atoms with E-state index in [0.29, 0.717) is 6.07 Å². The van der Waals surface area contributed by atoms with Gasteiger partial charge in [0, 0.05) is 0 Å². The first-order chi connectivity index (χ1) is 8.20. The van der Waals surface area contributed by atoms with E-state index in [2.05, 4.69) is 10.3 Å². The van der Waals surface area contributed by atoms with Crippen molar-refractivity contribution in [1.29, 1.82) is 0 Å². The van der Waals surface area contributed by atoms with Crippen molar-refractivity contribution in [3.63, 3.8) is 0 Å². The van der Waals surface area contributed by atoms with Gasteiger partial charge in [-0.2, -0.15) is 13.2 Å². The number of aliphatic hydroxyl groups is 2. The second-order valence-corrected chi connectivity index (χ2v) is 4.45. The minimum Gasteiger partial charge on any atom is -0.394 e. The smallest absolute Gasteiger partial charge is 0.394 e. The van der Waals surface area contributed by atoms with Crippen LogP contribution in [-0.2, 0) is 6.18 Å². The van der Waals surface area contributed by atoms with Crippen molar-refractivity contribution in [1.82, 2.24) is 4.98 Å². The van der Waals surface area contributed by atoms with Gasteiger partial charge in [-0.1, -0.05) is 11.6 Å². The molecule has 1 aromatic heterocycles. The van der Waals surface area contributed by atoms with Crippen molar-refractivity contribution in [2.45, 2.75) is 18.6 Å². The molecule has 0 unspecified atom stereocenters. The Labute approximate surface area is 106 Å². The predicted octanol–water partition coefficient (Wildman–Crippen LogP) is 1.91. The van der Waals surface area contributed by atoms with Gasteiger partial charge >= 0.3 is 6.18 Å². The van der Waals surface area contributed by atoms with Gasteiger partial charge < -0.3 is 15.5 Å². The monoisotopic (exact) mass is 284 g/mol. The van der Waals surface area contributed by atoms with Crippen molar-refractivity contribution in [2.24, 2.45) is 0 Å². The normalized spacial score (nSPS) is 12.6. The van der Waals surface area contributed by atoms with Crippen LogP contribution in [0.4, 0.5) is 19.0 Å². The zero-order chi connectivity index (χ0) is 14.0. The molecule has 8 heteroatoms. The predicted molar refractivity (Wildman–Crippen MR) is 60.4 cm³/mol. The maximum absolute atomic E-state index is 12.5. The van der Waals surface area contributed by atoms with Gasteiger partial charge in [-0.05, 0) is 19.1 Å². The summed E-state index contributed by atoms with van der Waals surface area (Å²) in [6.07, 6.45) is -4.54. The molecule has 1 rings (SSSR count). The van der Waals surface area contributed by atoms with E-state index in [0.717, 1.165) is 6.07 Å². The van der Waals surface area contributed by atoms with Crippen LogP contribution in [0.2, 0.25) is 5.15 Å². The Morgan fingerprint density at radius 1 is 1.28 bits per heavy atom. The number of anilines is 1. The van der Waals surface area contributed by atoms with E-state index in [-0.39, 0.29) is 11.0 Å².